The van der Waals surface area contributed by atoms with Crippen molar-refractivity contribution in [2.45, 2.75) is 20.4 Å². The van der Waals surface area contributed by atoms with Crippen molar-refractivity contribution in [1.29, 1.82) is 0 Å². The lowest BCUT2D eigenvalue weighted by molar-refractivity contribution is -0.137. The van der Waals surface area contributed by atoms with Crippen molar-refractivity contribution in [3.63, 3.8) is 0 Å². The predicted molar refractivity (Wildman–Crippen MR) is 125 cm³/mol. The molecular weight excluding hydrogens is 431 g/mol. The summed E-state index contributed by atoms with van der Waals surface area (Å²) in [5.74, 6) is -0.716. The molecule has 0 aliphatic carbocycles. The molecule has 0 aromatic heterocycles. The van der Waals surface area contributed by atoms with E-state index in [2.05, 4.69) is 5.32 Å². The van der Waals surface area contributed by atoms with Gasteiger partial charge in [-0.3, -0.25) is 14.5 Å². The van der Waals surface area contributed by atoms with E-state index < -0.39 is 0 Å². The third-order valence-corrected chi connectivity index (χ3v) is 5.70. The van der Waals surface area contributed by atoms with E-state index in [9.17, 15) is 9.59 Å². The van der Waals surface area contributed by atoms with Gasteiger partial charge in [0.15, 0.2) is 0 Å². The average molecular weight is 451 g/mol. The van der Waals surface area contributed by atoms with Gasteiger partial charge in [-0.25, -0.2) is 0 Å². The van der Waals surface area contributed by atoms with Gasteiger partial charge in [0.05, 0.1) is 12.1 Å². The fourth-order valence-corrected chi connectivity index (χ4v) is 3.85. The molecule has 0 fully saturated rings. The lowest BCUT2D eigenvalue weighted by atomic mass is 10.0. The SMILES string of the molecule is Cc1ccc(CN2C(=O)C(Nc3ccc(Cl)cc3C)=C(c3ccc(Cl)cc3)C2=O)cc1. The number of imide groups is 1. The Morgan fingerprint density at radius 3 is 2.10 bits per heavy atom. The zero-order chi connectivity index (χ0) is 22.1. The Kier molecular flexibility index (Phi) is 5.86. The molecule has 2 amide bonds. The van der Waals surface area contributed by atoms with E-state index in [4.69, 9.17) is 23.2 Å². The number of rotatable bonds is 5. The summed E-state index contributed by atoms with van der Waals surface area (Å²) in [6, 6.07) is 20.0. The summed E-state index contributed by atoms with van der Waals surface area (Å²) in [7, 11) is 0. The van der Waals surface area contributed by atoms with Crippen LogP contribution in [0.25, 0.3) is 5.57 Å². The molecule has 0 spiro atoms. The summed E-state index contributed by atoms with van der Waals surface area (Å²) in [6.45, 7) is 4.08. The van der Waals surface area contributed by atoms with E-state index in [0.29, 0.717) is 26.9 Å². The number of hydrogen-bond donors (Lipinski definition) is 1. The van der Waals surface area contributed by atoms with Crippen molar-refractivity contribution in [3.05, 3.63) is 105 Å². The minimum atomic E-state index is -0.370. The summed E-state index contributed by atoms with van der Waals surface area (Å²) in [6.07, 6.45) is 0. The second kappa shape index (κ2) is 8.58. The van der Waals surface area contributed by atoms with Crippen LogP contribution in [0.15, 0.2) is 72.4 Å². The zero-order valence-corrected chi connectivity index (χ0v) is 18.6. The van der Waals surface area contributed by atoms with Gasteiger partial charge in [-0.15, -0.1) is 0 Å². The van der Waals surface area contributed by atoms with Crippen molar-refractivity contribution >= 4 is 46.3 Å². The van der Waals surface area contributed by atoms with Crippen LogP contribution >= 0.6 is 23.2 Å². The Morgan fingerprint density at radius 2 is 1.45 bits per heavy atom. The minimum Gasteiger partial charge on any atom is -0.350 e. The largest absolute Gasteiger partial charge is 0.350 e. The normalized spacial score (nSPS) is 13.9. The number of anilines is 1. The van der Waals surface area contributed by atoms with Crippen LogP contribution in [0.5, 0.6) is 0 Å². The molecule has 3 aromatic carbocycles. The van der Waals surface area contributed by atoms with Gasteiger partial charge in [0, 0.05) is 15.7 Å². The highest BCUT2D eigenvalue weighted by atomic mass is 35.5. The lowest BCUT2D eigenvalue weighted by Gasteiger charge is -2.16. The summed E-state index contributed by atoms with van der Waals surface area (Å²) in [4.78, 5) is 28.0. The van der Waals surface area contributed by atoms with E-state index in [1.54, 1.807) is 42.5 Å². The van der Waals surface area contributed by atoms with Crippen LogP contribution in [-0.4, -0.2) is 16.7 Å². The molecule has 31 heavy (non-hydrogen) atoms. The number of carbonyl (C=O) groups is 2. The Hall–Kier alpha value is -3.08. The second-order valence-electron chi connectivity index (χ2n) is 7.52. The molecule has 0 saturated heterocycles. The topological polar surface area (TPSA) is 49.4 Å². The van der Waals surface area contributed by atoms with Gasteiger partial charge in [0.25, 0.3) is 11.8 Å². The number of benzene rings is 3. The van der Waals surface area contributed by atoms with Crippen LogP contribution in [0.3, 0.4) is 0 Å². The molecule has 1 aliphatic rings. The molecule has 4 nitrogen and oxygen atoms in total. The molecule has 1 heterocycles. The number of nitrogens with zero attached hydrogens (tertiary/aromatic N) is 1. The monoisotopic (exact) mass is 450 g/mol. The molecule has 0 saturated carbocycles. The molecule has 3 aromatic rings. The highest BCUT2D eigenvalue weighted by molar-refractivity contribution is 6.37. The van der Waals surface area contributed by atoms with Crippen LogP contribution in [0, 0.1) is 13.8 Å². The standard InChI is InChI=1S/C25H20Cl2N2O2/c1-15-3-5-17(6-4-15)14-29-24(30)22(18-7-9-19(26)10-8-18)23(25(29)31)28-21-12-11-20(27)13-16(21)2/h3-13,28H,14H2,1-2H3. The first-order valence-electron chi connectivity index (χ1n) is 9.78. The fraction of sp³-hybridized carbons (Fsp3) is 0.120. The number of carbonyl (C=O) groups excluding carboxylic acids is 2. The van der Waals surface area contributed by atoms with Crippen molar-refractivity contribution in [3.8, 4) is 0 Å². The van der Waals surface area contributed by atoms with Crippen LogP contribution in [0.4, 0.5) is 5.69 Å². The van der Waals surface area contributed by atoms with E-state index in [-0.39, 0.29) is 24.1 Å². The smallest absolute Gasteiger partial charge is 0.278 e. The maximum absolute atomic E-state index is 13.4. The molecule has 0 atom stereocenters. The summed E-state index contributed by atoms with van der Waals surface area (Å²) < 4.78 is 0. The Labute approximate surface area is 191 Å². The minimum absolute atomic E-state index is 0.194. The fourth-order valence-electron chi connectivity index (χ4n) is 3.50. The van der Waals surface area contributed by atoms with Gasteiger partial charge in [-0.05, 0) is 60.9 Å². The van der Waals surface area contributed by atoms with Gasteiger partial charge in [-0.1, -0.05) is 65.2 Å². The van der Waals surface area contributed by atoms with Crippen LogP contribution in [0.2, 0.25) is 10.0 Å². The second-order valence-corrected chi connectivity index (χ2v) is 8.40. The summed E-state index contributed by atoms with van der Waals surface area (Å²) in [5, 5.41) is 4.34. The first kappa shape index (κ1) is 21.2. The van der Waals surface area contributed by atoms with Crippen molar-refractivity contribution in [1.82, 2.24) is 4.90 Å². The van der Waals surface area contributed by atoms with Gasteiger partial charge >= 0.3 is 0 Å². The Balaban J connectivity index is 1.75. The molecule has 1 N–H and O–H groups in total. The van der Waals surface area contributed by atoms with E-state index in [1.807, 2.05) is 38.1 Å². The quantitative estimate of drug-likeness (QED) is 0.484. The molecule has 0 radical (unpaired) electrons. The number of nitrogens with one attached hydrogen (secondary N) is 1. The van der Waals surface area contributed by atoms with E-state index in [1.165, 1.54) is 4.90 Å². The highest BCUT2D eigenvalue weighted by Gasteiger charge is 2.39. The maximum atomic E-state index is 13.4. The first-order chi connectivity index (χ1) is 14.8. The van der Waals surface area contributed by atoms with Crippen LogP contribution < -0.4 is 5.32 Å². The van der Waals surface area contributed by atoms with Crippen LogP contribution in [0.1, 0.15) is 22.3 Å². The first-order valence-corrected chi connectivity index (χ1v) is 10.5. The molecular formula is C25H20Cl2N2O2. The average Bonchev–Trinajstić information content (AvgIpc) is 2.96. The third kappa shape index (κ3) is 4.36. The van der Waals surface area contributed by atoms with Crippen LogP contribution in [-0.2, 0) is 16.1 Å². The Morgan fingerprint density at radius 1 is 0.806 bits per heavy atom. The summed E-state index contributed by atoms with van der Waals surface area (Å²) in [5.41, 5.74) is 4.77. The summed E-state index contributed by atoms with van der Waals surface area (Å²) >= 11 is 12.1. The number of aryl methyl sites for hydroxylation is 2. The molecule has 0 bridgehead atoms. The number of halogens is 2. The highest BCUT2D eigenvalue weighted by Crippen LogP contribution is 2.33. The number of hydrogen-bond acceptors (Lipinski definition) is 3. The molecule has 0 unspecified atom stereocenters. The lowest BCUT2D eigenvalue weighted by Crippen LogP contribution is -2.32. The molecule has 1 aliphatic heterocycles. The Bertz CT molecular complexity index is 1200. The van der Waals surface area contributed by atoms with Gasteiger partial charge in [0.1, 0.15) is 5.70 Å². The molecule has 4 rings (SSSR count). The van der Waals surface area contributed by atoms with Crippen molar-refractivity contribution < 1.29 is 9.59 Å². The third-order valence-electron chi connectivity index (χ3n) is 5.21. The zero-order valence-electron chi connectivity index (χ0n) is 17.1. The molecule has 6 heteroatoms. The van der Waals surface area contributed by atoms with E-state index >= 15 is 0 Å². The maximum Gasteiger partial charge on any atom is 0.278 e. The van der Waals surface area contributed by atoms with E-state index in [0.717, 1.165) is 16.7 Å². The predicted octanol–water partition coefficient (Wildman–Crippen LogP) is 6.00. The van der Waals surface area contributed by atoms with Gasteiger partial charge in [0.2, 0.25) is 0 Å². The van der Waals surface area contributed by atoms with Gasteiger partial charge in [-0.2, -0.15) is 0 Å². The van der Waals surface area contributed by atoms with Crippen molar-refractivity contribution in [2.75, 3.05) is 5.32 Å². The number of amides is 2. The van der Waals surface area contributed by atoms with Gasteiger partial charge < -0.3 is 5.32 Å². The van der Waals surface area contributed by atoms with Crippen molar-refractivity contribution in [2.24, 2.45) is 0 Å². The molecule has 156 valence electrons.